The maximum Gasteiger partial charge on any atom is 0.408 e. The molecule has 168 valence electrons. The highest BCUT2D eigenvalue weighted by atomic mass is 16.5. The van der Waals surface area contributed by atoms with E-state index in [9.17, 15) is 14.7 Å². The molecule has 4 rings (SSSR count). The van der Waals surface area contributed by atoms with E-state index in [0.29, 0.717) is 0 Å². The number of nitrogens with one attached hydrogen (secondary N) is 1. The molecule has 0 radical (unpaired) electrons. The number of aryl methyl sites for hydroxylation is 1. The first-order chi connectivity index (χ1) is 16.0. The fourth-order valence-electron chi connectivity index (χ4n) is 3.92. The van der Waals surface area contributed by atoms with Crippen LogP contribution < -0.4 is 5.32 Å². The van der Waals surface area contributed by atoms with Crippen molar-refractivity contribution in [1.82, 2.24) is 9.88 Å². The number of para-hydroxylation sites is 1. The van der Waals surface area contributed by atoms with Gasteiger partial charge < -0.3 is 19.7 Å². The summed E-state index contributed by atoms with van der Waals surface area (Å²) in [6, 6.07) is 24.5. The number of hydrogen-bond donors (Lipinski definition) is 2. The van der Waals surface area contributed by atoms with Gasteiger partial charge in [0.2, 0.25) is 0 Å². The molecule has 1 heterocycles. The molecule has 4 aromatic rings. The van der Waals surface area contributed by atoms with Gasteiger partial charge in [-0.1, -0.05) is 72.8 Å². The second-order valence-electron chi connectivity index (χ2n) is 7.84. The zero-order chi connectivity index (χ0) is 23.2. The van der Waals surface area contributed by atoms with Crippen LogP contribution >= 0.6 is 0 Å². The van der Waals surface area contributed by atoms with Crippen molar-refractivity contribution in [1.29, 1.82) is 0 Å². The lowest BCUT2D eigenvalue weighted by molar-refractivity contribution is -0.139. The second kappa shape index (κ2) is 10.0. The van der Waals surface area contributed by atoms with Crippen molar-refractivity contribution < 1.29 is 19.4 Å². The Morgan fingerprint density at radius 2 is 1.61 bits per heavy atom. The molecule has 33 heavy (non-hydrogen) atoms. The first-order valence-corrected chi connectivity index (χ1v) is 10.9. The summed E-state index contributed by atoms with van der Waals surface area (Å²) in [6.45, 7) is 2.87. The number of carboxylic acids is 1. The lowest BCUT2D eigenvalue weighted by atomic mass is 10.0. The van der Waals surface area contributed by atoms with Gasteiger partial charge in [0.15, 0.2) is 0 Å². The monoisotopic (exact) mass is 442 g/mol. The van der Waals surface area contributed by atoms with Crippen LogP contribution in [0.1, 0.15) is 18.1 Å². The van der Waals surface area contributed by atoms with Crippen molar-refractivity contribution in [2.24, 2.45) is 0 Å². The van der Waals surface area contributed by atoms with E-state index in [1.54, 1.807) is 0 Å². The normalized spacial score (nSPS) is 11.8. The average molecular weight is 443 g/mol. The Bertz CT molecular complexity index is 1250. The Labute approximate surface area is 192 Å². The fourth-order valence-corrected chi connectivity index (χ4v) is 3.92. The maximum absolute atomic E-state index is 12.3. The number of amides is 1. The molecule has 0 spiro atoms. The lowest BCUT2D eigenvalue weighted by Crippen LogP contribution is -2.42. The second-order valence-corrected chi connectivity index (χ2v) is 7.84. The Kier molecular flexibility index (Phi) is 6.74. The maximum atomic E-state index is 12.3. The Morgan fingerprint density at radius 3 is 2.30 bits per heavy atom. The van der Waals surface area contributed by atoms with Crippen molar-refractivity contribution in [3.05, 3.63) is 96.2 Å². The van der Waals surface area contributed by atoms with E-state index < -0.39 is 18.1 Å². The highest BCUT2D eigenvalue weighted by Crippen LogP contribution is 2.23. The summed E-state index contributed by atoms with van der Waals surface area (Å²) < 4.78 is 7.36. The standard InChI is InChI=1S/C27H26N2O4/c1-2-29-17-22(23-10-6-7-11-25(23)29)16-24(26(30)31)28-27(32)33-18-19-12-14-21(15-13-19)20-8-4-3-5-9-20/h3-15,17,24H,2,16,18H2,1H3,(H,28,32)(H,30,31). The summed E-state index contributed by atoms with van der Waals surface area (Å²) in [4.78, 5) is 24.2. The molecule has 1 unspecified atom stereocenters. The van der Waals surface area contributed by atoms with Crippen LogP contribution in [0.2, 0.25) is 0 Å². The van der Waals surface area contributed by atoms with Gasteiger partial charge in [-0.3, -0.25) is 0 Å². The molecule has 3 aromatic carbocycles. The van der Waals surface area contributed by atoms with Crippen LogP contribution in [0.15, 0.2) is 85.1 Å². The number of carbonyl (C=O) groups excluding carboxylic acids is 1. The van der Waals surface area contributed by atoms with Gasteiger partial charge in [-0.25, -0.2) is 9.59 Å². The molecule has 1 aromatic heterocycles. The first-order valence-electron chi connectivity index (χ1n) is 10.9. The number of fused-ring (bicyclic) bond motifs is 1. The smallest absolute Gasteiger partial charge is 0.408 e. The summed E-state index contributed by atoms with van der Waals surface area (Å²) in [7, 11) is 0. The quantitative estimate of drug-likeness (QED) is 0.391. The Morgan fingerprint density at radius 1 is 0.939 bits per heavy atom. The van der Waals surface area contributed by atoms with Crippen LogP contribution in [0.4, 0.5) is 4.79 Å². The molecule has 0 saturated heterocycles. The molecule has 0 aliphatic carbocycles. The van der Waals surface area contributed by atoms with E-state index in [1.807, 2.05) is 92.0 Å². The van der Waals surface area contributed by atoms with Gasteiger partial charge >= 0.3 is 12.1 Å². The zero-order valence-electron chi connectivity index (χ0n) is 18.4. The van der Waals surface area contributed by atoms with Crippen LogP contribution in [-0.2, 0) is 29.1 Å². The summed E-state index contributed by atoms with van der Waals surface area (Å²) >= 11 is 0. The van der Waals surface area contributed by atoms with E-state index in [2.05, 4.69) is 9.88 Å². The molecule has 1 atom stereocenters. The summed E-state index contributed by atoms with van der Waals surface area (Å²) in [6.07, 6.45) is 1.36. The number of carbonyl (C=O) groups is 2. The number of rotatable bonds is 8. The number of nitrogens with zero attached hydrogens (tertiary/aromatic N) is 1. The predicted octanol–water partition coefficient (Wildman–Crippen LogP) is 5.25. The molecule has 0 aliphatic heterocycles. The minimum absolute atomic E-state index is 0.0579. The topological polar surface area (TPSA) is 80.6 Å². The third-order valence-corrected chi connectivity index (χ3v) is 5.66. The predicted molar refractivity (Wildman–Crippen MR) is 128 cm³/mol. The van der Waals surface area contributed by atoms with Crippen molar-refractivity contribution >= 4 is 23.0 Å². The molecule has 2 N–H and O–H groups in total. The zero-order valence-corrected chi connectivity index (χ0v) is 18.4. The van der Waals surface area contributed by atoms with Gasteiger partial charge in [-0.15, -0.1) is 0 Å². The van der Waals surface area contributed by atoms with Gasteiger partial charge in [-0.05, 0) is 35.2 Å². The molecular weight excluding hydrogens is 416 g/mol. The van der Waals surface area contributed by atoms with Crippen LogP contribution in [0, 0.1) is 0 Å². The Hall–Kier alpha value is -4.06. The van der Waals surface area contributed by atoms with E-state index in [0.717, 1.165) is 39.7 Å². The van der Waals surface area contributed by atoms with Crippen LogP contribution in [-0.4, -0.2) is 27.8 Å². The van der Waals surface area contributed by atoms with Crippen molar-refractivity contribution in [2.45, 2.75) is 32.5 Å². The summed E-state index contributed by atoms with van der Waals surface area (Å²) in [5.41, 5.74) is 4.91. The SMILES string of the molecule is CCn1cc(CC(NC(=O)OCc2ccc(-c3ccccc3)cc2)C(=O)O)c2ccccc21. The van der Waals surface area contributed by atoms with Crippen molar-refractivity contribution in [2.75, 3.05) is 0 Å². The lowest BCUT2D eigenvalue weighted by Gasteiger charge is -2.14. The third kappa shape index (κ3) is 5.23. The highest BCUT2D eigenvalue weighted by Gasteiger charge is 2.23. The average Bonchev–Trinajstić information content (AvgIpc) is 3.21. The van der Waals surface area contributed by atoms with Gasteiger partial charge in [0.25, 0.3) is 0 Å². The molecule has 0 fully saturated rings. The summed E-state index contributed by atoms with van der Waals surface area (Å²) in [5, 5.41) is 13.1. The number of ether oxygens (including phenoxy) is 1. The van der Waals surface area contributed by atoms with E-state index in [1.165, 1.54) is 0 Å². The van der Waals surface area contributed by atoms with E-state index in [4.69, 9.17) is 4.74 Å². The largest absolute Gasteiger partial charge is 0.480 e. The summed E-state index contributed by atoms with van der Waals surface area (Å²) in [5.74, 6) is -1.10. The van der Waals surface area contributed by atoms with Gasteiger partial charge in [-0.2, -0.15) is 0 Å². The minimum Gasteiger partial charge on any atom is -0.480 e. The fraction of sp³-hybridized carbons (Fsp3) is 0.185. The van der Waals surface area contributed by atoms with Crippen LogP contribution in [0.5, 0.6) is 0 Å². The van der Waals surface area contributed by atoms with Gasteiger partial charge in [0.05, 0.1) is 0 Å². The van der Waals surface area contributed by atoms with Crippen molar-refractivity contribution in [3.8, 4) is 11.1 Å². The van der Waals surface area contributed by atoms with Gasteiger partial charge in [0, 0.05) is 30.1 Å². The minimum atomic E-state index is -1.10. The molecular formula is C27H26N2O4. The number of alkyl carbamates (subject to hydrolysis) is 1. The first kappa shape index (κ1) is 22.1. The number of carboxylic acid groups (broad SMARTS) is 1. The molecule has 0 bridgehead atoms. The van der Waals surface area contributed by atoms with Gasteiger partial charge in [0.1, 0.15) is 12.6 Å². The van der Waals surface area contributed by atoms with Crippen LogP contribution in [0.25, 0.3) is 22.0 Å². The number of benzene rings is 3. The molecule has 6 heteroatoms. The highest BCUT2D eigenvalue weighted by molar-refractivity contribution is 5.86. The molecule has 0 saturated carbocycles. The Balaban J connectivity index is 1.38. The molecule has 1 amide bonds. The van der Waals surface area contributed by atoms with E-state index >= 15 is 0 Å². The number of hydrogen-bond acceptors (Lipinski definition) is 3. The number of aliphatic carboxylic acids is 1. The third-order valence-electron chi connectivity index (χ3n) is 5.66. The molecule has 6 nitrogen and oxygen atoms in total. The number of aromatic nitrogens is 1. The molecule has 0 aliphatic rings. The van der Waals surface area contributed by atoms with E-state index in [-0.39, 0.29) is 13.0 Å². The van der Waals surface area contributed by atoms with Crippen LogP contribution in [0.3, 0.4) is 0 Å². The van der Waals surface area contributed by atoms with Crippen molar-refractivity contribution in [3.63, 3.8) is 0 Å².